The van der Waals surface area contributed by atoms with Crippen molar-refractivity contribution in [3.8, 4) is 0 Å². The van der Waals surface area contributed by atoms with Crippen LogP contribution in [-0.2, 0) is 4.74 Å². The molecule has 0 spiro atoms. The van der Waals surface area contributed by atoms with Gasteiger partial charge in [0.25, 0.3) is 0 Å². The minimum Gasteiger partial charge on any atom is -0.382 e. The molecule has 78 valence electrons. The first kappa shape index (κ1) is 10.6. The average molecular weight is 199 g/mol. The average Bonchev–Trinajstić information content (AvgIpc) is 2.20. The summed E-state index contributed by atoms with van der Waals surface area (Å²) in [5.41, 5.74) is -0.225. The van der Waals surface area contributed by atoms with Gasteiger partial charge in [0.05, 0.1) is 17.3 Å². The first-order valence-corrected chi connectivity index (χ1v) is 4.43. The molecule has 6 heteroatoms. The topological polar surface area (TPSA) is 88.2 Å². The Kier molecular flexibility index (Phi) is 4.06. The Labute approximate surface area is 81.6 Å². The number of rotatable bonds is 4. The van der Waals surface area contributed by atoms with Crippen LogP contribution in [0.3, 0.4) is 0 Å². The quantitative estimate of drug-likeness (QED) is 0.392. The van der Waals surface area contributed by atoms with Gasteiger partial charge < -0.3 is 15.5 Å². The Morgan fingerprint density at radius 2 is 2.21 bits per heavy atom. The molecule has 1 rings (SSSR count). The van der Waals surface area contributed by atoms with Crippen LogP contribution in [0.4, 0.5) is 0 Å². The first-order valence-electron chi connectivity index (χ1n) is 4.43. The van der Waals surface area contributed by atoms with Crippen LogP contribution in [0.25, 0.3) is 0 Å². The second kappa shape index (κ2) is 5.33. The molecule has 1 saturated heterocycles. The molecule has 0 saturated carbocycles. The number of hydrogen-bond donors (Lipinski definition) is 2. The molecular weight excluding hydrogens is 186 g/mol. The maximum atomic E-state index is 10.3. The van der Waals surface area contributed by atoms with Crippen LogP contribution in [-0.4, -0.2) is 30.4 Å². The third kappa shape index (κ3) is 3.14. The van der Waals surface area contributed by atoms with E-state index < -0.39 is 4.92 Å². The van der Waals surface area contributed by atoms with Crippen molar-refractivity contribution in [3.05, 3.63) is 22.0 Å². The summed E-state index contributed by atoms with van der Waals surface area (Å²) >= 11 is 0. The third-order valence-electron chi connectivity index (χ3n) is 2.05. The third-order valence-corrected chi connectivity index (χ3v) is 2.05. The molecule has 0 aliphatic carbocycles. The molecule has 2 N–H and O–H groups in total. The number of hydrogen-bond acceptors (Lipinski definition) is 5. The molecule has 1 heterocycles. The SMILES string of the molecule is N=C/C(=C\NC1CCOCC1)[N+](=O)[O-]. The van der Waals surface area contributed by atoms with Crippen LogP contribution in [0.5, 0.6) is 0 Å². The monoisotopic (exact) mass is 199 g/mol. The molecule has 0 aromatic carbocycles. The van der Waals surface area contributed by atoms with Crippen LogP contribution in [0.2, 0.25) is 0 Å². The van der Waals surface area contributed by atoms with E-state index in [2.05, 4.69) is 5.32 Å². The van der Waals surface area contributed by atoms with Crippen LogP contribution < -0.4 is 5.32 Å². The van der Waals surface area contributed by atoms with Gasteiger partial charge in [-0.25, -0.2) is 0 Å². The molecule has 1 aliphatic heterocycles. The van der Waals surface area contributed by atoms with Crippen molar-refractivity contribution in [3.63, 3.8) is 0 Å². The van der Waals surface area contributed by atoms with Gasteiger partial charge in [-0.3, -0.25) is 10.1 Å². The highest BCUT2D eigenvalue weighted by Gasteiger charge is 2.13. The van der Waals surface area contributed by atoms with Gasteiger partial charge in [-0.05, 0) is 12.8 Å². The number of nitrogens with zero attached hydrogens (tertiary/aromatic N) is 1. The molecule has 0 atom stereocenters. The predicted molar refractivity (Wildman–Crippen MR) is 50.8 cm³/mol. The van der Waals surface area contributed by atoms with E-state index in [0.717, 1.165) is 19.1 Å². The Bertz CT molecular complexity index is 246. The molecule has 0 bridgehead atoms. The van der Waals surface area contributed by atoms with E-state index >= 15 is 0 Å². The smallest absolute Gasteiger partial charge is 0.302 e. The minimum atomic E-state index is -0.584. The van der Waals surface area contributed by atoms with E-state index in [0.29, 0.717) is 13.2 Å². The summed E-state index contributed by atoms with van der Waals surface area (Å²) in [7, 11) is 0. The Hall–Kier alpha value is -1.43. The van der Waals surface area contributed by atoms with Crippen molar-refractivity contribution in [2.75, 3.05) is 13.2 Å². The van der Waals surface area contributed by atoms with Gasteiger partial charge in [0.2, 0.25) is 0 Å². The molecule has 0 amide bonds. The molecule has 1 fully saturated rings. The highest BCUT2D eigenvalue weighted by molar-refractivity contribution is 5.71. The second-order valence-electron chi connectivity index (χ2n) is 3.02. The van der Waals surface area contributed by atoms with Crippen LogP contribution in [0.1, 0.15) is 12.8 Å². The summed E-state index contributed by atoms with van der Waals surface area (Å²) in [6.07, 6.45) is 3.70. The van der Waals surface area contributed by atoms with Gasteiger partial charge in [0.1, 0.15) is 0 Å². The summed E-state index contributed by atoms with van der Waals surface area (Å²) in [5.74, 6) is 0. The second-order valence-corrected chi connectivity index (χ2v) is 3.02. The van der Waals surface area contributed by atoms with Crippen molar-refractivity contribution in [1.29, 1.82) is 5.41 Å². The van der Waals surface area contributed by atoms with E-state index in [1.165, 1.54) is 6.20 Å². The van der Waals surface area contributed by atoms with Gasteiger partial charge in [0, 0.05) is 19.3 Å². The van der Waals surface area contributed by atoms with Gasteiger partial charge >= 0.3 is 5.70 Å². The number of ether oxygens (including phenoxy) is 1. The predicted octanol–water partition coefficient (Wildman–Crippen LogP) is 0.523. The fraction of sp³-hybridized carbons (Fsp3) is 0.625. The van der Waals surface area contributed by atoms with Crippen molar-refractivity contribution < 1.29 is 9.66 Å². The van der Waals surface area contributed by atoms with Crippen molar-refractivity contribution in [1.82, 2.24) is 5.32 Å². The molecule has 0 radical (unpaired) electrons. The molecule has 1 aliphatic rings. The minimum absolute atomic E-state index is 0.221. The molecule has 0 aromatic heterocycles. The number of allylic oxidation sites excluding steroid dienone is 1. The zero-order chi connectivity index (χ0) is 10.4. The van der Waals surface area contributed by atoms with Crippen molar-refractivity contribution >= 4 is 6.21 Å². The van der Waals surface area contributed by atoms with E-state index in [-0.39, 0.29) is 11.7 Å². The summed E-state index contributed by atoms with van der Waals surface area (Å²) < 4.78 is 5.14. The Morgan fingerprint density at radius 1 is 1.57 bits per heavy atom. The van der Waals surface area contributed by atoms with Crippen molar-refractivity contribution in [2.24, 2.45) is 0 Å². The molecular formula is C8H13N3O3. The fourth-order valence-corrected chi connectivity index (χ4v) is 1.21. The summed E-state index contributed by atoms with van der Waals surface area (Å²) in [5, 5.41) is 20.1. The molecule has 0 aromatic rings. The Balaban J connectivity index is 2.42. The molecule has 14 heavy (non-hydrogen) atoms. The summed E-state index contributed by atoms with van der Waals surface area (Å²) in [4.78, 5) is 9.74. The highest BCUT2D eigenvalue weighted by atomic mass is 16.6. The van der Waals surface area contributed by atoms with E-state index in [4.69, 9.17) is 10.1 Å². The highest BCUT2D eigenvalue weighted by Crippen LogP contribution is 2.06. The maximum absolute atomic E-state index is 10.3. The van der Waals surface area contributed by atoms with Crippen LogP contribution in [0, 0.1) is 15.5 Å². The van der Waals surface area contributed by atoms with Gasteiger partial charge in [0.15, 0.2) is 0 Å². The van der Waals surface area contributed by atoms with Crippen LogP contribution in [0.15, 0.2) is 11.9 Å². The maximum Gasteiger partial charge on any atom is 0.302 e. The Morgan fingerprint density at radius 3 is 2.71 bits per heavy atom. The van der Waals surface area contributed by atoms with Gasteiger partial charge in [-0.2, -0.15) is 0 Å². The normalized spacial score (nSPS) is 19.0. The molecule has 6 nitrogen and oxygen atoms in total. The summed E-state index contributed by atoms with van der Waals surface area (Å²) in [6, 6.07) is 0.221. The van der Waals surface area contributed by atoms with Gasteiger partial charge in [-0.15, -0.1) is 0 Å². The van der Waals surface area contributed by atoms with E-state index in [1.54, 1.807) is 0 Å². The zero-order valence-electron chi connectivity index (χ0n) is 7.73. The molecule has 0 unspecified atom stereocenters. The lowest BCUT2D eigenvalue weighted by Gasteiger charge is -2.21. The lowest BCUT2D eigenvalue weighted by Crippen LogP contribution is -2.32. The van der Waals surface area contributed by atoms with Crippen molar-refractivity contribution in [2.45, 2.75) is 18.9 Å². The number of nitro groups is 1. The largest absolute Gasteiger partial charge is 0.382 e. The van der Waals surface area contributed by atoms with E-state index in [9.17, 15) is 10.1 Å². The number of nitrogens with one attached hydrogen (secondary N) is 2. The lowest BCUT2D eigenvalue weighted by atomic mass is 10.1. The van der Waals surface area contributed by atoms with Gasteiger partial charge in [-0.1, -0.05) is 0 Å². The summed E-state index contributed by atoms with van der Waals surface area (Å²) in [6.45, 7) is 1.37. The fourth-order valence-electron chi connectivity index (χ4n) is 1.21. The van der Waals surface area contributed by atoms with Crippen LogP contribution >= 0.6 is 0 Å². The van der Waals surface area contributed by atoms with E-state index in [1.807, 2.05) is 0 Å². The lowest BCUT2D eigenvalue weighted by molar-refractivity contribution is -0.414. The first-order chi connectivity index (χ1) is 6.74. The zero-order valence-corrected chi connectivity index (χ0v) is 7.73. The standard InChI is InChI=1S/C8H13N3O3/c9-5-8(11(12)13)6-10-7-1-3-14-4-2-7/h5-7,9-10H,1-4H2/b8-6+,9-5?.